The average molecular weight is 1760 g/mol. The standard InChI is InChI=1S/C32H35FN6O2.C31H31Cl2FN6O2.C31H31ClF2N6O2/c1-8-26(40)37-16-22(7)38(17-21(37)6)30-24-15-25(33)28(23-12-10-9-11-19(23)4)35-31(24)39(32(41)36-30)29-20(5)13-14-34-27(29)18(2)3;1-7-24(41)38-14-19(6)39(15-18(38)5)29-21-13-22(32)27(20-9-8-10-23(34)25(20)33)36-30(21)40(31(42)37-29)28-17(4)11-12-35-26(28)16(2)3;1-7-25(41)38-14-19(6)39(15-18(38)5)29-22-13-23(32)27(21-12-20(33)8-9-24(21)34)36-30(22)40(31(42)37-29)28-17(4)10-11-35-26(28)16(2)3/h8-15,18,21-22H,1,16-17H2,2-7H3;2*7-13,16,18-19H,1,14-15H2,2-6H3. The van der Waals surface area contributed by atoms with Crippen molar-refractivity contribution in [3.63, 3.8) is 0 Å². The maximum Gasteiger partial charge on any atom is 0.355 e. The van der Waals surface area contributed by atoms with Gasteiger partial charge in [-0.2, -0.15) is 15.0 Å². The van der Waals surface area contributed by atoms with Gasteiger partial charge in [0.15, 0.2) is 16.9 Å². The van der Waals surface area contributed by atoms with Gasteiger partial charge in [-0.05, 0) is 188 Å². The first-order valence-electron chi connectivity index (χ1n) is 41.2. The van der Waals surface area contributed by atoms with Gasteiger partial charge in [0.25, 0.3) is 0 Å². The van der Waals surface area contributed by atoms with Crippen LogP contribution < -0.4 is 31.8 Å². The first kappa shape index (κ1) is 90.3. The highest BCUT2D eigenvalue weighted by molar-refractivity contribution is 6.37. The lowest BCUT2D eigenvalue weighted by Gasteiger charge is -2.44. The molecule has 6 unspecified atom stereocenters. The SMILES string of the molecule is C=CC(=O)N1CC(C)N(c2nc(=O)n(-c3c(C)ccnc3C(C)C)c3nc(-c4cc(F)ccc4F)c(Cl)cc23)CC1C.C=CC(=O)N1CC(C)N(c2nc(=O)n(-c3c(C)ccnc3C(C)C)c3nc(-c4cccc(F)c4Cl)c(Cl)cc23)CC1C.C=CC(=O)N1CC(C)N(c2nc(=O)n(-c3c(C)ccnc3C(C)C)c3nc(-c4ccccc4C)c(F)cc23)CC1C. The molecule has 0 N–H and O–H groups in total. The van der Waals surface area contributed by atoms with E-state index in [-0.39, 0.29) is 121 Å². The lowest BCUT2D eigenvalue weighted by molar-refractivity contribution is -0.129. The molecular weight excluding hydrogens is 1660 g/mol. The number of hydrogen-bond acceptors (Lipinski definition) is 18. The predicted octanol–water partition coefficient (Wildman–Crippen LogP) is 17.5. The van der Waals surface area contributed by atoms with Crippen molar-refractivity contribution < 1.29 is 31.9 Å². The molecular formula is C94H97Cl3F4N18O6. The Kier molecular flexibility index (Phi) is 26.6. The number of rotatable bonds is 15. The molecule has 9 aromatic heterocycles. The van der Waals surface area contributed by atoms with Gasteiger partial charge in [-0.3, -0.25) is 29.3 Å². The van der Waals surface area contributed by atoms with Crippen molar-refractivity contribution in [1.82, 2.24) is 73.3 Å². The summed E-state index contributed by atoms with van der Waals surface area (Å²) in [6, 6.07) is 23.9. The summed E-state index contributed by atoms with van der Waals surface area (Å²) in [4.78, 5) is 132. The fraction of sp³-hybridized carbons (Fsp3) is 0.330. The molecule has 31 heteroatoms. The second-order valence-corrected chi connectivity index (χ2v) is 34.1. The van der Waals surface area contributed by atoms with E-state index < -0.39 is 40.3 Å². The van der Waals surface area contributed by atoms with Gasteiger partial charge in [0.2, 0.25) is 17.7 Å². The third kappa shape index (κ3) is 17.4. The molecule has 12 aromatic rings. The van der Waals surface area contributed by atoms with Crippen LogP contribution in [0.3, 0.4) is 0 Å². The number of benzene rings is 3. The van der Waals surface area contributed by atoms with E-state index in [4.69, 9.17) is 49.8 Å². The van der Waals surface area contributed by atoms with Crippen molar-refractivity contribution in [1.29, 1.82) is 0 Å². The van der Waals surface area contributed by atoms with E-state index in [2.05, 4.69) is 49.6 Å². The molecule has 12 heterocycles. The maximum atomic E-state index is 16.0. The Morgan fingerprint density at radius 1 is 0.392 bits per heavy atom. The Labute approximate surface area is 736 Å². The topological polar surface area (TPSA) is 253 Å². The number of carbonyl (C=O) groups excluding carboxylic acids is 3. The zero-order valence-corrected chi connectivity index (χ0v) is 74.7. The fourth-order valence-electron chi connectivity index (χ4n) is 16.7. The summed E-state index contributed by atoms with van der Waals surface area (Å²) in [5, 5.41) is 1.54. The van der Waals surface area contributed by atoms with Crippen molar-refractivity contribution in [2.45, 2.75) is 165 Å². The van der Waals surface area contributed by atoms with Crippen LogP contribution in [0.25, 0.3) is 83.9 Å². The van der Waals surface area contributed by atoms with E-state index in [1.807, 2.05) is 162 Å². The fourth-order valence-corrected chi connectivity index (χ4v) is 17.5. The van der Waals surface area contributed by atoms with Crippen LogP contribution in [-0.4, -0.2) is 166 Å². The van der Waals surface area contributed by atoms with E-state index in [9.17, 15) is 41.9 Å². The first-order valence-corrected chi connectivity index (χ1v) is 42.4. The van der Waals surface area contributed by atoms with Gasteiger partial charge >= 0.3 is 17.1 Å². The number of aryl methyl sites for hydroxylation is 4. The minimum atomic E-state index is -0.709. The highest BCUT2D eigenvalue weighted by Gasteiger charge is 2.39. The molecule has 3 amide bonds. The molecule has 6 atom stereocenters. The molecule has 3 aliphatic heterocycles. The van der Waals surface area contributed by atoms with E-state index >= 15 is 4.39 Å². The third-order valence-electron chi connectivity index (χ3n) is 23.1. The third-order valence-corrected chi connectivity index (χ3v) is 24.1. The lowest BCUT2D eigenvalue weighted by atomic mass is 10.0. The minimum absolute atomic E-state index is 0.0118. The van der Waals surface area contributed by atoms with Crippen molar-refractivity contribution in [3.8, 4) is 50.8 Å². The van der Waals surface area contributed by atoms with E-state index in [0.717, 1.165) is 46.1 Å². The average Bonchev–Trinajstić information content (AvgIpc) is 0.741. The number of fused-ring (bicyclic) bond motifs is 3. The van der Waals surface area contributed by atoms with Crippen LogP contribution in [0.1, 0.15) is 140 Å². The van der Waals surface area contributed by atoms with Gasteiger partial charge in [-0.1, -0.05) is 132 Å². The maximum absolute atomic E-state index is 16.0. The Morgan fingerprint density at radius 3 is 1.11 bits per heavy atom. The molecule has 3 aromatic carbocycles. The Balaban J connectivity index is 0.000000161. The molecule has 0 radical (unpaired) electrons. The molecule has 3 aliphatic rings. The van der Waals surface area contributed by atoms with E-state index in [1.165, 1.54) is 50.1 Å². The van der Waals surface area contributed by atoms with Gasteiger partial charge < -0.3 is 29.4 Å². The summed E-state index contributed by atoms with van der Waals surface area (Å²) in [6.07, 6.45) is 9.00. The number of pyridine rings is 6. The van der Waals surface area contributed by atoms with Crippen LogP contribution in [-0.2, 0) is 14.4 Å². The van der Waals surface area contributed by atoms with Gasteiger partial charge in [-0.15, -0.1) is 0 Å². The highest BCUT2D eigenvalue weighted by atomic mass is 35.5. The van der Waals surface area contributed by atoms with Crippen LogP contribution >= 0.6 is 34.8 Å². The van der Waals surface area contributed by atoms with Gasteiger partial charge in [0, 0.05) is 111 Å². The number of piperazine rings is 3. The number of aromatic nitrogens is 12. The molecule has 0 saturated carbocycles. The lowest BCUT2D eigenvalue weighted by Crippen LogP contribution is -2.58. The van der Waals surface area contributed by atoms with Crippen LogP contribution in [0.2, 0.25) is 15.1 Å². The molecule has 125 heavy (non-hydrogen) atoms. The number of nitrogens with zero attached hydrogens (tertiary/aromatic N) is 18. The number of hydrogen-bond donors (Lipinski definition) is 0. The van der Waals surface area contributed by atoms with Crippen molar-refractivity contribution in [2.75, 3.05) is 54.0 Å². The Bertz CT molecular complexity index is 6330. The first-order chi connectivity index (χ1) is 59.4. The molecule has 3 fully saturated rings. The van der Waals surface area contributed by atoms with Crippen molar-refractivity contribution >= 4 is 103 Å². The van der Waals surface area contributed by atoms with Gasteiger partial charge in [0.1, 0.15) is 46.4 Å². The summed E-state index contributed by atoms with van der Waals surface area (Å²) in [7, 11) is 0. The normalized spacial score (nSPS) is 17.3. The second-order valence-electron chi connectivity index (χ2n) is 33.0. The van der Waals surface area contributed by atoms with Crippen LogP contribution in [0.4, 0.5) is 35.0 Å². The Hall–Kier alpha value is -12.4. The summed E-state index contributed by atoms with van der Waals surface area (Å²) in [6.45, 7) is 44.4. The number of carbonyl (C=O) groups is 3. The zero-order valence-electron chi connectivity index (χ0n) is 72.4. The summed E-state index contributed by atoms with van der Waals surface area (Å²) in [5.74, 6) is -1.93. The van der Waals surface area contributed by atoms with Crippen LogP contribution in [0.5, 0.6) is 0 Å². The number of amides is 3. The molecule has 3 saturated heterocycles. The van der Waals surface area contributed by atoms with Gasteiger partial charge in [0.05, 0.1) is 76.8 Å². The number of anilines is 3. The molecule has 15 rings (SSSR count). The molecule has 0 bridgehead atoms. The van der Waals surface area contributed by atoms with Crippen molar-refractivity contribution in [2.24, 2.45) is 0 Å². The van der Waals surface area contributed by atoms with Crippen molar-refractivity contribution in [3.05, 3.63) is 263 Å². The molecule has 648 valence electrons. The van der Waals surface area contributed by atoms with E-state index in [1.54, 1.807) is 57.6 Å². The van der Waals surface area contributed by atoms with Crippen LogP contribution in [0, 0.1) is 51.0 Å². The minimum Gasteiger partial charge on any atom is -0.349 e. The van der Waals surface area contributed by atoms with E-state index in [0.29, 0.717) is 118 Å². The molecule has 24 nitrogen and oxygen atoms in total. The number of halogens is 7. The van der Waals surface area contributed by atoms with Crippen LogP contribution in [0.15, 0.2) is 168 Å². The highest BCUT2D eigenvalue weighted by Crippen LogP contribution is 2.43. The zero-order chi connectivity index (χ0) is 90.5. The quantitative estimate of drug-likeness (QED) is 0.0683. The monoisotopic (exact) mass is 1750 g/mol. The molecule has 0 spiro atoms. The predicted molar refractivity (Wildman–Crippen MR) is 486 cm³/mol. The van der Waals surface area contributed by atoms with Gasteiger partial charge in [-0.25, -0.2) is 60.6 Å². The smallest absolute Gasteiger partial charge is 0.349 e. The summed E-state index contributed by atoms with van der Waals surface area (Å²) >= 11 is 19.9. The summed E-state index contributed by atoms with van der Waals surface area (Å²) < 4.78 is 64.0. The second kappa shape index (κ2) is 36.8. The molecule has 0 aliphatic carbocycles. The largest absolute Gasteiger partial charge is 0.355 e. The Morgan fingerprint density at radius 2 is 0.744 bits per heavy atom. The summed E-state index contributed by atoms with van der Waals surface area (Å²) in [5.41, 5.74) is 7.35.